The Bertz CT molecular complexity index is 2640. The largest absolute Gasteiger partial charge is 0.506 e. The number of pyridine rings is 4. The number of nitrogens with one attached hydrogen (secondary N) is 1. The SMILES string of the molecule is Cc1cccc(N)n1.Cc1cccc(NC(c2cc(Cl)cc(Cl)c2)c2cc(Cl)c3cccnc3c2O)n1.O=Cc1cc(Cl)cc(Cl)c1.Oc1ccc(Cl)c2cccnc12. The zero-order valence-corrected chi connectivity index (χ0v) is 35.8. The molecule has 300 valence electrons. The van der Waals surface area contributed by atoms with E-state index < -0.39 is 6.04 Å². The van der Waals surface area contributed by atoms with Gasteiger partial charge in [-0.25, -0.2) is 9.97 Å². The fourth-order valence-corrected chi connectivity index (χ4v) is 7.18. The first-order chi connectivity index (χ1) is 28.2. The molecule has 5 N–H and O–H groups in total. The summed E-state index contributed by atoms with van der Waals surface area (Å²) >= 11 is 36.1. The molecule has 4 aromatic heterocycles. The monoisotopic (exact) mass is 904 g/mol. The van der Waals surface area contributed by atoms with Gasteiger partial charge >= 0.3 is 0 Å². The fraction of sp³-hybridized carbons (Fsp3) is 0.0682. The molecular formula is C44H34Cl6N6O3. The first-order valence-corrected chi connectivity index (χ1v) is 19.7. The van der Waals surface area contributed by atoms with E-state index in [9.17, 15) is 15.0 Å². The maximum absolute atomic E-state index is 11.0. The van der Waals surface area contributed by atoms with Crippen LogP contribution in [0.2, 0.25) is 30.1 Å². The minimum atomic E-state index is -0.510. The van der Waals surface area contributed by atoms with E-state index in [4.69, 9.17) is 75.3 Å². The van der Waals surface area contributed by atoms with Crippen LogP contribution in [0.1, 0.15) is 38.9 Å². The Morgan fingerprint density at radius 2 is 1.19 bits per heavy atom. The van der Waals surface area contributed by atoms with E-state index in [1.807, 2.05) is 56.3 Å². The number of rotatable bonds is 5. The number of nitrogens with two attached hydrogens (primary N) is 1. The molecule has 0 saturated heterocycles. The Morgan fingerprint density at radius 1 is 0.627 bits per heavy atom. The second-order valence-electron chi connectivity index (χ2n) is 12.6. The lowest BCUT2D eigenvalue weighted by molar-refractivity contribution is 0.112. The minimum absolute atomic E-state index is 0.0336. The zero-order chi connectivity index (χ0) is 42.6. The van der Waals surface area contributed by atoms with Gasteiger partial charge in [-0.15, -0.1) is 0 Å². The van der Waals surface area contributed by atoms with Gasteiger partial charge in [-0.05, 0) is 123 Å². The van der Waals surface area contributed by atoms with Gasteiger partial charge in [-0.3, -0.25) is 14.8 Å². The summed E-state index contributed by atoms with van der Waals surface area (Å²) in [5.74, 6) is 1.42. The highest BCUT2D eigenvalue weighted by molar-refractivity contribution is 6.36. The molecule has 0 aliphatic carbocycles. The number of hydrogen-bond acceptors (Lipinski definition) is 9. The van der Waals surface area contributed by atoms with Crippen molar-refractivity contribution in [3.05, 3.63) is 186 Å². The molecule has 9 nitrogen and oxygen atoms in total. The summed E-state index contributed by atoms with van der Waals surface area (Å²) in [4.78, 5) is 27.0. The van der Waals surface area contributed by atoms with Crippen molar-refractivity contribution in [2.45, 2.75) is 19.9 Å². The molecule has 1 atom stereocenters. The standard InChI is InChI=1S/C22H16Cl3N3O.C9H6ClNO.C7H4Cl2O.C6H8N2/c1-12-4-2-6-19(27-12)28-20(13-8-14(23)10-15(24)9-13)17-11-18(25)16-5-3-7-26-21(16)22(17)29;10-7-3-4-8(12)9-6(7)2-1-5-11-9;8-6-1-5(4-10)2-7(9)3-6;1-5-3-2-4-6(7)8-5/h2-11,20,29H,1H3,(H,27,28);1-5,12H;1-4H;2-4H,1H3,(H2,7,8). The number of aldehydes is 1. The third-order valence-corrected chi connectivity index (χ3v) is 9.70. The molecular weight excluding hydrogens is 873 g/mol. The molecule has 8 aromatic rings. The van der Waals surface area contributed by atoms with Crippen LogP contribution in [0.15, 0.2) is 128 Å². The van der Waals surface area contributed by atoms with E-state index in [2.05, 4.69) is 25.3 Å². The number of nitrogen functional groups attached to an aromatic ring is 1. The number of phenols is 2. The minimum Gasteiger partial charge on any atom is -0.506 e. The summed E-state index contributed by atoms with van der Waals surface area (Å²) in [6.45, 7) is 3.82. The number of carbonyl (C=O) groups excluding carboxylic acids is 1. The smallest absolute Gasteiger partial charge is 0.150 e. The number of aromatic hydroxyl groups is 2. The highest BCUT2D eigenvalue weighted by atomic mass is 35.5. The number of fused-ring (bicyclic) bond motifs is 2. The fourth-order valence-electron chi connectivity index (χ4n) is 5.61. The first kappa shape index (κ1) is 44.7. The average molecular weight is 908 g/mol. The molecule has 1 unspecified atom stereocenters. The second-order valence-corrected chi connectivity index (χ2v) is 15.2. The van der Waals surface area contributed by atoms with E-state index in [1.54, 1.807) is 79.1 Å². The van der Waals surface area contributed by atoms with E-state index in [1.165, 1.54) is 6.07 Å². The second kappa shape index (κ2) is 21.0. The quantitative estimate of drug-likeness (QED) is 0.124. The lowest BCUT2D eigenvalue weighted by Gasteiger charge is -2.23. The highest BCUT2D eigenvalue weighted by Crippen LogP contribution is 2.40. The van der Waals surface area contributed by atoms with Crippen LogP contribution >= 0.6 is 69.6 Å². The van der Waals surface area contributed by atoms with Gasteiger partial charge in [-0.2, -0.15) is 0 Å². The lowest BCUT2D eigenvalue weighted by atomic mass is 9.96. The topological polar surface area (TPSA) is 147 Å². The molecule has 0 aliphatic rings. The zero-order valence-electron chi connectivity index (χ0n) is 31.2. The van der Waals surface area contributed by atoms with Gasteiger partial charge < -0.3 is 21.3 Å². The molecule has 0 bridgehead atoms. The molecule has 0 aliphatic heterocycles. The Morgan fingerprint density at radius 3 is 1.73 bits per heavy atom. The number of hydrogen-bond donors (Lipinski definition) is 4. The summed E-state index contributed by atoms with van der Waals surface area (Å²) in [5.41, 5.74) is 9.94. The van der Waals surface area contributed by atoms with Crippen molar-refractivity contribution in [2.24, 2.45) is 0 Å². The van der Waals surface area contributed by atoms with Gasteiger partial charge in [0, 0.05) is 65.8 Å². The molecule has 0 radical (unpaired) electrons. The molecule has 59 heavy (non-hydrogen) atoms. The molecule has 4 aromatic carbocycles. The number of carbonyl (C=O) groups is 1. The van der Waals surface area contributed by atoms with Gasteiger partial charge in [0.05, 0.1) is 16.1 Å². The third kappa shape index (κ3) is 12.6. The summed E-state index contributed by atoms with van der Waals surface area (Å²) in [6, 6.07) is 32.8. The first-order valence-electron chi connectivity index (χ1n) is 17.5. The van der Waals surface area contributed by atoms with Crippen molar-refractivity contribution < 1.29 is 15.0 Å². The summed E-state index contributed by atoms with van der Waals surface area (Å²) in [6.07, 6.45) is 3.94. The Hall–Kier alpha value is -5.39. The Kier molecular flexibility index (Phi) is 15.9. The van der Waals surface area contributed by atoms with Crippen molar-refractivity contribution >= 4 is 109 Å². The van der Waals surface area contributed by atoms with Crippen molar-refractivity contribution in [3.63, 3.8) is 0 Å². The van der Waals surface area contributed by atoms with Crippen LogP contribution in [0.4, 0.5) is 11.6 Å². The van der Waals surface area contributed by atoms with E-state index in [-0.39, 0.29) is 11.5 Å². The number of anilines is 2. The number of halogens is 6. The van der Waals surface area contributed by atoms with Crippen molar-refractivity contribution in [1.29, 1.82) is 0 Å². The molecule has 0 fully saturated rings. The van der Waals surface area contributed by atoms with Crippen molar-refractivity contribution in [1.82, 2.24) is 19.9 Å². The molecule has 0 spiro atoms. The molecule has 0 amide bonds. The predicted octanol–water partition coefficient (Wildman–Crippen LogP) is 13.2. The molecule has 4 heterocycles. The number of nitrogens with zero attached hydrogens (tertiary/aromatic N) is 4. The van der Waals surface area contributed by atoms with Crippen LogP contribution < -0.4 is 11.1 Å². The van der Waals surface area contributed by atoms with Gasteiger partial charge in [0.2, 0.25) is 0 Å². The number of phenolic OH excluding ortho intramolecular Hbond substituents is 2. The van der Waals surface area contributed by atoms with E-state index >= 15 is 0 Å². The number of aryl methyl sites for hydroxylation is 2. The molecule has 0 saturated carbocycles. The van der Waals surface area contributed by atoms with Crippen molar-refractivity contribution in [3.8, 4) is 11.5 Å². The van der Waals surface area contributed by atoms with Crippen molar-refractivity contribution in [2.75, 3.05) is 11.1 Å². The number of aromatic nitrogens is 4. The van der Waals surface area contributed by atoms with Crippen LogP contribution in [-0.4, -0.2) is 36.4 Å². The summed E-state index contributed by atoms with van der Waals surface area (Å²) in [7, 11) is 0. The normalized spacial score (nSPS) is 10.9. The Labute approximate surface area is 370 Å². The summed E-state index contributed by atoms with van der Waals surface area (Å²) in [5, 5.41) is 28.2. The van der Waals surface area contributed by atoms with Crippen LogP contribution in [-0.2, 0) is 0 Å². The number of benzene rings is 4. The molecule has 15 heteroatoms. The Balaban J connectivity index is 0.000000179. The maximum Gasteiger partial charge on any atom is 0.150 e. The van der Waals surface area contributed by atoms with E-state index in [0.29, 0.717) is 75.6 Å². The summed E-state index contributed by atoms with van der Waals surface area (Å²) < 4.78 is 0. The third-order valence-electron chi connectivity index (χ3n) is 8.18. The predicted molar refractivity (Wildman–Crippen MR) is 243 cm³/mol. The molecule has 8 rings (SSSR count). The van der Waals surface area contributed by atoms with Gasteiger partial charge in [-0.1, -0.05) is 81.7 Å². The average Bonchev–Trinajstić information content (AvgIpc) is 3.20. The lowest BCUT2D eigenvalue weighted by Crippen LogP contribution is -2.14. The van der Waals surface area contributed by atoms with Crippen LogP contribution in [0.5, 0.6) is 11.5 Å². The van der Waals surface area contributed by atoms with Crippen LogP contribution in [0.3, 0.4) is 0 Å². The van der Waals surface area contributed by atoms with Gasteiger partial charge in [0.25, 0.3) is 0 Å². The van der Waals surface area contributed by atoms with Gasteiger partial charge in [0.1, 0.15) is 40.5 Å². The van der Waals surface area contributed by atoms with Gasteiger partial charge in [0.15, 0.2) is 0 Å². The van der Waals surface area contributed by atoms with Crippen LogP contribution in [0.25, 0.3) is 21.8 Å². The highest BCUT2D eigenvalue weighted by Gasteiger charge is 2.23. The maximum atomic E-state index is 11.0. The van der Waals surface area contributed by atoms with E-state index in [0.717, 1.165) is 22.3 Å². The van der Waals surface area contributed by atoms with Crippen LogP contribution in [0, 0.1) is 13.8 Å².